The second-order valence-corrected chi connectivity index (χ2v) is 8.85. The van der Waals surface area contributed by atoms with Crippen molar-refractivity contribution in [3.8, 4) is 5.75 Å². The summed E-state index contributed by atoms with van der Waals surface area (Å²) in [5.74, 6) is -3.01. The maximum absolute atomic E-state index is 12.6. The molecule has 0 spiro atoms. The number of likely N-dealkylation sites (tertiary alicyclic amines) is 1. The highest BCUT2D eigenvalue weighted by Crippen LogP contribution is 2.44. The number of amides is 3. The minimum atomic E-state index is -1.40. The van der Waals surface area contributed by atoms with Gasteiger partial charge < -0.3 is 25.8 Å². The van der Waals surface area contributed by atoms with Gasteiger partial charge in [0, 0.05) is 0 Å². The van der Waals surface area contributed by atoms with Gasteiger partial charge in [0.15, 0.2) is 11.7 Å². The predicted octanol–water partition coefficient (Wildman–Crippen LogP) is -1.19. The summed E-state index contributed by atoms with van der Waals surface area (Å²) in [6, 6.07) is 2.91. The van der Waals surface area contributed by atoms with Gasteiger partial charge in [-0.15, -0.1) is 5.10 Å². The highest BCUT2D eigenvalue weighted by atomic mass is 32.2. The van der Waals surface area contributed by atoms with Crippen LogP contribution in [0.5, 0.6) is 5.75 Å². The number of ether oxygens (including phenoxy) is 1. The quantitative estimate of drug-likeness (QED) is 0.259. The van der Waals surface area contributed by atoms with Crippen molar-refractivity contribution in [3.05, 3.63) is 41.3 Å². The standard InChI is InChI=1S/C19H17N7O8S/c20-15(28)11(7-1-3-8(27)4-2-7)26-18(21-22-23-26)35-6-10-13(17(30)31)25-12-9(34-10)5-24(19(32)33)14(12)16(25)29/h1-4,9,11-12,14,27H,5-6H2,(H2,20,28)(H,30,31)(H,32,33)/t9-,11?,12-,14+/m1/s1. The van der Waals surface area contributed by atoms with Gasteiger partial charge >= 0.3 is 12.1 Å². The van der Waals surface area contributed by atoms with Gasteiger partial charge in [0.2, 0.25) is 11.1 Å². The van der Waals surface area contributed by atoms with E-state index in [9.17, 15) is 34.5 Å². The van der Waals surface area contributed by atoms with Crippen LogP contribution in [-0.2, 0) is 19.1 Å². The molecular weight excluding hydrogens is 486 g/mol. The number of aromatic hydroxyl groups is 1. The van der Waals surface area contributed by atoms with Crippen LogP contribution in [0.2, 0.25) is 0 Å². The largest absolute Gasteiger partial charge is 0.508 e. The molecule has 3 aliphatic rings. The van der Waals surface area contributed by atoms with E-state index < -0.39 is 48.1 Å². The number of aliphatic carboxylic acids is 1. The van der Waals surface area contributed by atoms with Crippen LogP contribution in [0, 0.1) is 0 Å². The Labute approximate surface area is 199 Å². The molecule has 0 aliphatic carbocycles. The van der Waals surface area contributed by atoms with Gasteiger partial charge in [-0.25, -0.2) is 14.3 Å². The van der Waals surface area contributed by atoms with Crippen LogP contribution in [0.4, 0.5) is 4.79 Å². The summed E-state index contributed by atoms with van der Waals surface area (Å²) in [5.41, 5.74) is 5.59. The van der Waals surface area contributed by atoms with Crippen LogP contribution >= 0.6 is 11.8 Å². The topological polar surface area (TPSA) is 214 Å². The van der Waals surface area contributed by atoms with Crippen molar-refractivity contribution in [3.63, 3.8) is 0 Å². The number of nitrogens with zero attached hydrogens (tertiary/aromatic N) is 6. The lowest BCUT2D eigenvalue weighted by Crippen LogP contribution is -2.70. The van der Waals surface area contributed by atoms with Crippen molar-refractivity contribution in [2.45, 2.75) is 29.4 Å². The normalized spacial score (nSPS) is 23.4. The van der Waals surface area contributed by atoms with E-state index in [-0.39, 0.29) is 34.7 Å². The lowest BCUT2D eigenvalue weighted by atomic mass is 9.91. The molecule has 4 atom stereocenters. The van der Waals surface area contributed by atoms with Gasteiger partial charge in [-0.3, -0.25) is 19.4 Å². The number of hydrogen-bond acceptors (Lipinski definition) is 10. The third-order valence-corrected chi connectivity index (χ3v) is 6.90. The number of phenols is 1. The highest BCUT2D eigenvalue weighted by molar-refractivity contribution is 7.99. The fourth-order valence-corrected chi connectivity index (χ4v) is 5.35. The fourth-order valence-electron chi connectivity index (χ4n) is 4.51. The van der Waals surface area contributed by atoms with Gasteiger partial charge in [-0.05, 0) is 28.1 Å². The second kappa shape index (κ2) is 8.15. The molecule has 1 unspecified atom stereocenters. The summed E-state index contributed by atoms with van der Waals surface area (Å²) >= 11 is 0.942. The van der Waals surface area contributed by atoms with Crippen LogP contribution in [0.15, 0.2) is 40.9 Å². The summed E-state index contributed by atoms with van der Waals surface area (Å²) in [6.45, 7) is -0.0870. The number of phenolic OH excluding ortho intramolecular Hbond substituents is 1. The molecule has 1 aromatic carbocycles. The zero-order chi connectivity index (χ0) is 25.0. The van der Waals surface area contributed by atoms with Gasteiger partial charge in [0.1, 0.15) is 29.7 Å². The molecule has 35 heavy (non-hydrogen) atoms. The van der Waals surface area contributed by atoms with E-state index in [1.54, 1.807) is 0 Å². The summed E-state index contributed by atoms with van der Waals surface area (Å²) in [4.78, 5) is 50.3. The summed E-state index contributed by atoms with van der Waals surface area (Å²) < 4.78 is 6.99. The number of carbonyl (C=O) groups is 4. The molecular formula is C19H17N7O8S. The third kappa shape index (κ3) is 3.49. The number of carbonyl (C=O) groups excluding carboxylic acids is 2. The summed E-state index contributed by atoms with van der Waals surface area (Å²) in [5, 5.41) is 40.0. The Morgan fingerprint density at radius 2 is 1.94 bits per heavy atom. The molecule has 5 N–H and O–H groups in total. The first kappa shape index (κ1) is 22.5. The van der Waals surface area contributed by atoms with E-state index >= 15 is 0 Å². The maximum atomic E-state index is 12.6. The lowest BCUT2D eigenvalue weighted by Gasteiger charge is -2.48. The number of carboxylic acids is 1. The SMILES string of the molecule is NC(=O)C(c1ccc(O)cc1)n1nnnc1SCC1=C(C(=O)O)N2C(=O)[C@@H]3[C@H]2[C@@H](CN3C(=O)O)O1. The lowest BCUT2D eigenvalue weighted by molar-refractivity contribution is -0.160. The molecule has 2 saturated heterocycles. The molecule has 15 nitrogen and oxygen atoms in total. The van der Waals surface area contributed by atoms with Crippen molar-refractivity contribution in [2.75, 3.05) is 12.3 Å². The van der Waals surface area contributed by atoms with Crippen LogP contribution in [0.25, 0.3) is 0 Å². The van der Waals surface area contributed by atoms with Crippen LogP contribution in [0.1, 0.15) is 11.6 Å². The fraction of sp³-hybridized carbons (Fsp3) is 0.316. The van der Waals surface area contributed by atoms with Gasteiger partial charge in [0.25, 0.3) is 5.91 Å². The molecule has 16 heteroatoms. The molecule has 3 amide bonds. The maximum Gasteiger partial charge on any atom is 0.408 e. The zero-order valence-corrected chi connectivity index (χ0v) is 18.4. The van der Waals surface area contributed by atoms with Crippen molar-refractivity contribution in [1.29, 1.82) is 0 Å². The van der Waals surface area contributed by atoms with Crippen LogP contribution in [0.3, 0.4) is 0 Å². The molecule has 2 aromatic rings. The number of tetrazole rings is 1. The first-order chi connectivity index (χ1) is 16.7. The van der Waals surface area contributed by atoms with Gasteiger partial charge in [-0.2, -0.15) is 0 Å². The van der Waals surface area contributed by atoms with Crippen molar-refractivity contribution >= 4 is 35.6 Å². The Bertz CT molecular complexity index is 1280. The van der Waals surface area contributed by atoms with Gasteiger partial charge in [-0.1, -0.05) is 23.9 Å². The Morgan fingerprint density at radius 3 is 2.57 bits per heavy atom. The van der Waals surface area contributed by atoms with E-state index in [0.717, 1.165) is 26.2 Å². The first-order valence-corrected chi connectivity index (χ1v) is 11.1. The number of benzene rings is 1. The second-order valence-electron chi connectivity index (χ2n) is 7.90. The molecule has 2 fully saturated rings. The van der Waals surface area contributed by atoms with Crippen molar-refractivity contribution < 1.29 is 39.2 Å². The Kier molecular flexibility index (Phi) is 5.23. The number of β-lactam (4-membered cyclic amide) rings is 1. The minimum Gasteiger partial charge on any atom is -0.508 e. The molecule has 0 radical (unpaired) electrons. The number of hydrogen-bond donors (Lipinski definition) is 4. The number of aromatic nitrogens is 4. The molecule has 0 bridgehead atoms. The van der Waals surface area contributed by atoms with Crippen LogP contribution < -0.4 is 5.73 Å². The minimum absolute atomic E-state index is 0.0136. The van der Waals surface area contributed by atoms with Crippen LogP contribution in [-0.4, -0.2) is 99.7 Å². The average Bonchev–Trinajstić information content (AvgIpc) is 3.41. The molecule has 4 heterocycles. The number of rotatable bonds is 7. The highest BCUT2D eigenvalue weighted by Gasteiger charge is 2.65. The number of thioether (sulfide) groups is 1. The van der Waals surface area contributed by atoms with Crippen molar-refractivity contribution in [1.82, 2.24) is 30.0 Å². The monoisotopic (exact) mass is 503 g/mol. The van der Waals surface area contributed by atoms with E-state index in [1.165, 1.54) is 24.3 Å². The number of primary amides is 1. The van der Waals surface area contributed by atoms with Gasteiger partial charge in [0.05, 0.1) is 12.3 Å². The molecule has 182 valence electrons. The predicted molar refractivity (Wildman–Crippen MR) is 113 cm³/mol. The Balaban J connectivity index is 1.42. The summed E-state index contributed by atoms with van der Waals surface area (Å²) in [7, 11) is 0. The molecule has 5 rings (SSSR count). The molecule has 0 saturated carbocycles. The molecule has 1 aromatic heterocycles. The van der Waals surface area contributed by atoms with E-state index in [0.29, 0.717) is 5.56 Å². The van der Waals surface area contributed by atoms with E-state index in [4.69, 9.17) is 10.5 Å². The number of carboxylic acid groups (broad SMARTS) is 2. The van der Waals surface area contributed by atoms with Crippen molar-refractivity contribution in [2.24, 2.45) is 5.73 Å². The summed E-state index contributed by atoms with van der Waals surface area (Å²) in [6.07, 6.45) is -2.02. The Hall–Kier alpha value is -4.34. The first-order valence-electron chi connectivity index (χ1n) is 10.1. The Morgan fingerprint density at radius 1 is 1.23 bits per heavy atom. The zero-order valence-electron chi connectivity index (χ0n) is 17.6. The number of nitrogens with two attached hydrogens (primary N) is 1. The van der Waals surface area contributed by atoms with E-state index in [2.05, 4.69) is 15.5 Å². The average molecular weight is 503 g/mol. The third-order valence-electron chi connectivity index (χ3n) is 5.97. The van der Waals surface area contributed by atoms with E-state index in [1.807, 2.05) is 0 Å². The smallest absolute Gasteiger partial charge is 0.408 e. The molecule has 3 aliphatic heterocycles.